The normalized spacial score (nSPS) is 15.9. The van der Waals surface area contributed by atoms with Gasteiger partial charge in [0.2, 0.25) is 5.91 Å². The molecule has 1 aromatic heterocycles. The summed E-state index contributed by atoms with van der Waals surface area (Å²) in [6, 6.07) is 3.63. The van der Waals surface area contributed by atoms with E-state index in [1.165, 1.54) is 19.3 Å². The van der Waals surface area contributed by atoms with Crippen molar-refractivity contribution < 1.29 is 9.21 Å². The van der Waals surface area contributed by atoms with E-state index in [-0.39, 0.29) is 42.0 Å². The minimum atomic E-state index is -0.102. The van der Waals surface area contributed by atoms with Gasteiger partial charge in [-0.2, -0.15) is 0 Å². The smallest absolute Gasteiger partial charge is 0.239 e. The summed E-state index contributed by atoms with van der Waals surface area (Å²) in [5, 5.41) is 9.19. The van der Waals surface area contributed by atoms with Crippen LogP contribution in [-0.2, 0) is 11.3 Å². The summed E-state index contributed by atoms with van der Waals surface area (Å²) in [6.07, 6.45) is 5.46. The Morgan fingerprint density at radius 3 is 2.58 bits per heavy atom. The van der Waals surface area contributed by atoms with Crippen molar-refractivity contribution >= 4 is 35.8 Å². The van der Waals surface area contributed by atoms with Crippen molar-refractivity contribution in [2.75, 3.05) is 33.2 Å². The highest BCUT2D eigenvalue weighted by molar-refractivity contribution is 14.0. The lowest BCUT2D eigenvalue weighted by Crippen LogP contribution is -2.55. The number of piperidine rings is 1. The molecule has 2 rings (SSSR count). The Morgan fingerprint density at radius 1 is 1.23 bits per heavy atom. The van der Waals surface area contributed by atoms with Gasteiger partial charge in [-0.3, -0.25) is 14.7 Å². The van der Waals surface area contributed by atoms with Gasteiger partial charge in [0.15, 0.2) is 5.96 Å². The third kappa shape index (κ3) is 7.53. The van der Waals surface area contributed by atoms with Crippen molar-refractivity contribution in [2.24, 2.45) is 4.99 Å². The van der Waals surface area contributed by atoms with E-state index in [0.717, 1.165) is 25.4 Å². The number of carbonyl (C=O) groups is 1. The first-order valence-corrected chi connectivity index (χ1v) is 9.00. The van der Waals surface area contributed by atoms with Crippen molar-refractivity contribution in [3.63, 3.8) is 0 Å². The highest BCUT2D eigenvalue weighted by Crippen LogP contribution is 2.19. The van der Waals surface area contributed by atoms with Crippen LogP contribution in [-0.4, -0.2) is 55.5 Å². The van der Waals surface area contributed by atoms with Gasteiger partial charge in [-0.1, -0.05) is 6.42 Å². The second kappa shape index (κ2) is 11.4. The molecule has 3 N–H and O–H groups in total. The van der Waals surface area contributed by atoms with Crippen molar-refractivity contribution in [3.05, 3.63) is 24.2 Å². The van der Waals surface area contributed by atoms with E-state index in [2.05, 4.69) is 39.7 Å². The lowest BCUT2D eigenvalue weighted by Gasteiger charge is -2.41. The first-order chi connectivity index (χ1) is 12.0. The number of nitrogens with zero attached hydrogens (tertiary/aromatic N) is 2. The zero-order chi connectivity index (χ0) is 18.1. The lowest BCUT2D eigenvalue weighted by atomic mass is 9.98. The monoisotopic (exact) mass is 477 g/mol. The number of aliphatic imine (C=N–C) groups is 1. The molecule has 1 saturated heterocycles. The highest BCUT2D eigenvalue weighted by atomic mass is 127. The number of furan rings is 1. The van der Waals surface area contributed by atoms with E-state index in [1.54, 1.807) is 19.4 Å². The Morgan fingerprint density at radius 2 is 1.96 bits per heavy atom. The fourth-order valence-corrected chi connectivity index (χ4v) is 2.96. The predicted octanol–water partition coefficient (Wildman–Crippen LogP) is 1.94. The molecule has 0 saturated carbocycles. The Hall–Kier alpha value is -1.29. The number of nitrogens with one attached hydrogen (secondary N) is 3. The number of hydrogen-bond donors (Lipinski definition) is 3. The first kappa shape index (κ1) is 22.8. The van der Waals surface area contributed by atoms with Gasteiger partial charge in [0.05, 0.1) is 19.4 Å². The molecule has 0 aromatic carbocycles. The quantitative estimate of drug-likeness (QED) is 0.318. The summed E-state index contributed by atoms with van der Waals surface area (Å²) in [7, 11) is 1.71. The number of amides is 1. The van der Waals surface area contributed by atoms with Crippen LogP contribution in [0.3, 0.4) is 0 Å². The molecule has 1 amide bonds. The van der Waals surface area contributed by atoms with Crippen LogP contribution in [0.4, 0.5) is 0 Å². The third-order valence-corrected chi connectivity index (χ3v) is 4.58. The molecule has 1 aliphatic heterocycles. The summed E-state index contributed by atoms with van der Waals surface area (Å²) in [5.74, 6) is 1.27. The highest BCUT2D eigenvalue weighted by Gasteiger charge is 2.27. The van der Waals surface area contributed by atoms with Gasteiger partial charge in [-0.15, -0.1) is 24.0 Å². The Labute approximate surface area is 173 Å². The maximum atomic E-state index is 11.9. The average Bonchev–Trinajstić information content (AvgIpc) is 3.14. The van der Waals surface area contributed by atoms with Crippen molar-refractivity contribution in [1.29, 1.82) is 0 Å². The van der Waals surface area contributed by atoms with Crippen molar-refractivity contribution in [3.8, 4) is 0 Å². The van der Waals surface area contributed by atoms with Crippen LogP contribution < -0.4 is 16.0 Å². The molecule has 26 heavy (non-hydrogen) atoms. The number of likely N-dealkylation sites (tertiary alicyclic amines) is 1. The summed E-state index contributed by atoms with van der Waals surface area (Å²) < 4.78 is 5.19. The Balaban J connectivity index is 0.00000338. The molecular formula is C18H32IN5O2. The van der Waals surface area contributed by atoms with E-state index < -0.39 is 0 Å². The van der Waals surface area contributed by atoms with Crippen LogP contribution in [0.5, 0.6) is 0 Å². The molecular weight excluding hydrogens is 445 g/mol. The van der Waals surface area contributed by atoms with E-state index in [4.69, 9.17) is 4.42 Å². The second-order valence-corrected chi connectivity index (χ2v) is 7.00. The van der Waals surface area contributed by atoms with Gasteiger partial charge in [0, 0.05) is 19.1 Å². The van der Waals surface area contributed by atoms with E-state index in [0.29, 0.717) is 12.5 Å². The molecule has 1 fully saturated rings. The van der Waals surface area contributed by atoms with Crippen LogP contribution in [0.15, 0.2) is 27.8 Å². The van der Waals surface area contributed by atoms with Gasteiger partial charge in [-0.05, 0) is 51.9 Å². The predicted molar refractivity (Wildman–Crippen MR) is 115 cm³/mol. The standard InChI is InChI=1S/C18H31N5O2.HI/c1-18(2,23-9-5-4-6-10-23)14-22-17(19-3)21-13-16(24)20-12-15-8-7-11-25-15;/h7-8,11H,4-6,9-10,12-14H2,1-3H3,(H,20,24)(H2,19,21,22);1H. The Bertz CT molecular complexity index is 554. The molecule has 0 radical (unpaired) electrons. The molecule has 148 valence electrons. The van der Waals surface area contributed by atoms with Crippen LogP contribution in [0.2, 0.25) is 0 Å². The fourth-order valence-electron chi connectivity index (χ4n) is 2.96. The molecule has 2 heterocycles. The van der Waals surface area contributed by atoms with Gasteiger partial charge >= 0.3 is 0 Å². The van der Waals surface area contributed by atoms with Gasteiger partial charge in [-0.25, -0.2) is 0 Å². The van der Waals surface area contributed by atoms with E-state index in [9.17, 15) is 4.79 Å². The van der Waals surface area contributed by atoms with Gasteiger partial charge in [0.1, 0.15) is 5.76 Å². The van der Waals surface area contributed by atoms with Crippen molar-refractivity contribution in [1.82, 2.24) is 20.9 Å². The summed E-state index contributed by atoms with van der Waals surface area (Å²) in [4.78, 5) is 18.6. The molecule has 0 bridgehead atoms. The lowest BCUT2D eigenvalue weighted by molar-refractivity contribution is -0.120. The van der Waals surface area contributed by atoms with E-state index >= 15 is 0 Å². The van der Waals surface area contributed by atoms with Gasteiger partial charge in [0.25, 0.3) is 0 Å². The maximum Gasteiger partial charge on any atom is 0.239 e. The number of carbonyl (C=O) groups excluding carboxylic acids is 1. The third-order valence-electron chi connectivity index (χ3n) is 4.58. The van der Waals surface area contributed by atoms with E-state index in [1.807, 2.05) is 6.07 Å². The summed E-state index contributed by atoms with van der Waals surface area (Å²) in [5.41, 5.74) is 0.0551. The Kier molecular flexibility index (Phi) is 10.0. The van der Waals surface area contributed by atoms with Crippen LogP contribution in [0.25, 0.3) is 0 Å². The van der Waals surface area contributed by atoms with Crippen LogP contribution >= 0.6 is 24.0 Å². The fraction of sp³-hybridized carbons (Fsp3) is 0.667. The molecule has 0 aliphatic carbocycles. The van der Waals surface area contributed by atoms with Crippen LogP contribution in [0.1, 0.15) is 38.9 Å². The SMILES string of the molecule is CN=C(NCC(=O)NCc1ccco1)NCC(C)(C)N1CCCCC1.I. The molecule has 8 heteroatoms. The number of halogens is 1. The molecule has 1 aliphatic rings. The minimum absolute atomic E-state index is 0. The first-order valence-electron chi connectivity index (χ1n) is 9.00. The molecule has 0 atom stereocenters. The topological polar surface area (TPSA) is 81.9 Å². The summed E-state index contributed by atoms with van der Waals surface area (Å²) >= 11 is 0. The number of guanidine groups is 1. The molecule has 1 aromatic rings. The number of hydrogen-bond acceptors (Lipinski definition) is 4. The van der Waals surface area contributed by atoms with Crippen LogP contribution in [0, 0.1) is 0 Å². The average molecular weight is 477 g/mol. The maximum absolute atomic E-state index is 11.9. The molecule has 0 spiro atoms. The summed E-state index contributed by atoms with van der Waals surface area (Å²) in [6.45, 7) is 8.13. The second-order valence-electron chi connectivity index (χ2n) is 7.00. The minimum Gasteiger partial charge on any atom is -0.467 e. The number of rotatable bonds is 7. The zero-order valence-corrected chi connectivity index (χ0v) is 18.3. The molecule has 7 nitrogen and oxygen atoms in total. The zero-order valence-electron chi connectivity index (χ0n) is 16.0. The van der Waals surface area contributed by atoms with Crippen molar-refractivity contribution in [2.45, 2.75) is 45.2 Å². The largest absolute Gasteiger partial charge is 0.467 e. The molecule has 0 unspecified atom stereocenters. The van der Waals surface area contributed by atoms with Gasteiger partial charge < -0.3 is 20.4 Å².